The normalized spacial score (nSPS) is 23.9. The minimum absolute atomic E-state index is 0.118. The zero-order valence-electron chi connectivity index (χ0n) is 10.8. The lowest BCUT2D eigenvalue weighted by Gasteiger charge is -2.26. The molecule has 0 bridgehead atoms. The van der Waals surface area contributed by atoms with Gasteiger partial charge in [-0.2, -0.15) is 0 Å². The molecular formula is C13H21N3O2. The van der Waals surface area contributed by atoms with E-state index >= 15 is 0 Å². The zero-order valence-corrected chi connectivity index (χ0v) is 10.8. The maximum Gasteiger partial charge on any atom is 0.252 e. The summed E-state index contributed by atoms with van der Waals surface area (Å²) in [7, 11) is 0. The van der Waals surface area contributed by atoms with Crippen LogP contribution in [0.2, 0.25) is 0 Å². The van der Waals surface area contributed by atoms with E-state index in [4.69, 9.17) is 0 Å². The Kier molecular flexibility index (Phi) is 4.36. The zero-order chi connectivity index (χ0) is 13.0. The Morgan fingerprint density at radius 3 is 3.11 bits per heavy atom. The molecule has 1 aromatic rings. The highest BCUT2D eigenvalue weighted by atomic mass is 16.3. The Morgan fingerprint density at radius 2 is 2.39 bits per heavy atom. The molecule has 1 aliphatic carbocycles. The lowest BCUT2D eigenvalue weighted by molar-refractivity contribution is 0.104. The van der Waals surface area contributed by atoms with Crippen LogP contribution in [-0.2, 0) is 6.42 Å². The van der Waals surface area contributed by atoms with Crippen LogP contribution in [0.1, 0.15) is 38.4 Å². The van der Waals surface area contributed by atoms with Crippen LogP contribution in [0.5, 0.6) is 0 Å². The third-order valence-corrected chi connectivity index (χ3v) is 3.45. The van der Waals surface area contributed by atoms with Crippen molar-refractivity contribution in [3.05, 3.63) is 22.2 Å². The highest BCUT2D eigenvalue weighted by molar-refractivity contribution is 5.32. The Bertz CT molecular complexity index is 444. The lowest BCUT2D eigenvalue weighted by Crippen LogP contribution is -2.25. The molecule has 0 amide bonds. The molecule has 1 aliphatic rings. The van der Waals surface area contributed by atoms with Crippen molar-refractivity contribution in [2.24, 2.45) is 5.92 Å². The lowest BCUT2D eigenvalue weighted by atomic mass is 9.87. The van der Waals surface area contributed by atoms with Crippen molar-refractivity contribution in [1.29, 1.82) is 0 Å². The van der Waals surface area contributed by atoms with Crippen LogP contribution in [0.15, 0.2) is 10.9 Å². The van der Waals surface area contributed by atoms with Crippen molar-refractivity contribution >= 4 is 5.82 Å². The highest BCUT2D eigenvalue weighted by Crippen LogP contribution is 2.24. The number of H-pyrrole nitrogens is 1. The number of anilines is 1. The summed E-state index contributed by atoms with van der Waals surface area (Å²) in [6, 6.07) is 1.48. The molecular weight excluding hydrogens is 230 g/mol. The molecule has 2 unspecified atom stereocenters. The summed E-state index contributed by atoms with van der Waals surface area (Å²) in [5, 5.41) is 12.8. The van der Waals surface area contributed by atoms with Gasteiger partial charge < -0.3 is 15.4 Å². The van der Waals surface area contributed by atoms with Gasteiger partial charge in [-0.15, -0.1) is 0 Å². The largest absolute Gasteiger partial charge is 0.393 e. The number of nitrogens with zero attached hydrogens (tertiary/aromatic N) is 1. The van der Waals surface area contributed by atoms with Crippen molar-refractivity contribution in [2.75, 3.05) is 11.9 Å². The molecule has 18 heavy (non-hydrogen) atoms. The van der Waals surface area contributed by atoms with E-state index in [1.165, 1.54) is 6.07 Å². The molecule has 2 rings (SSSR count). The van der Waals surface area contributed by atoms with Crippen LogP contribution < -0.4 is 10.9 Å². The molecule has 100 valence electrons. The van der Waals surface area contributed by atoms with Crippen LogP contribution in [0.3, 0.4) is 0 Å². The van der Waals surface area contributed by atoms with Gasteiger partial charge in [0.1, 0.15) is 11.6 Å². The number of aromatic amines is 1. The van der Waals surface area contributed by atoms with Crippen molar-refractivity contribution in [2.45, 2.75) is 45.1 Å². The summed E-state index contributed by atoms with van der Waals surface area (Å²) in [6.45, 7) is 2.73. The number of hydrogen-bond donors (Lipinski definition) is 3. The Hall–Kier alpha value is -1.36. The molecule has 1 aromatic heterocycles. The topological polar surface area (TPSA) is 78.0 Å². The standard InChI is InChI=1S/C13H21N3O2/c1-2-11-15-12(7-13(18)16-11)14-8-9-4-3-5-10(17)6-9/h7,9-10,17H,2-6,8H2,1H3,(H2,14,15,16,18). The van der Waals surface area contributed by atoms with Crippen molar-refractivity contribution in [3.8, 4) is 0 Å². The number of aromatic nitrogens is 2. The molecule has 5 heteroatoms. The van der Waals surface area contributed by atoms with Crippen molar-refractivity contribution < 1.29 is 5.11 Å². The van der Waals surface area contributed by atoms with Gasteiger partial charge in [0.25, 0.3) is 5.56 Å². The summed E-state index contributed by atoms with van der Waals surface area (Å²) in [5.41, 5.74) is -0.118. The summed E-state index contributed by atoms with van der Waals surface area (Å²) < 4.78 is 0. The third kappa shape index (κ3) is 3.57. The van der Waals surface area contributed by atoms with Gasteiger partial charge in [-0.25, -0.2) is 4.98 Å². The molecule has 0 radical (unpaired) electrons. The van der Waals surface area contributed by atoms with Crippen LogP contribution in [0.25, 0.3) is 0 Å². The maximum absolute atomic E-state index is 11.4. The van der Waals surface area contributed by atoms with Gasteiger partial charge in [-0.3, -0.25) is 4.79 Å². The minimum atomic E-state index is -0.163. The quantitative estimate of drug-likeness (QED) is 0.753. The molecule has 0 spiro atoms. The minimum Gasteiger partial charge on any atom is -0.393 e. The van der Waals surface area contributed by atoms with E-state index < -0.39 is 0 Å². The number of aliphatic hydroxyl groups excluding tert-OH is 1. The van der Waals surface area contributed by atoms with Gasteiger partial charge in [0.15, 0.2) is 0 Å². The Morgan fingerprint density at radius 1 is 1.56 bits per heavy atom. The number of hydrogen-bond acceptors (Lipinski definition) is 4. The molecule has 5 nitrogen and oxygen atoms in total. The first-order valence-electron chi connectivity index (χ1n) is 6.69. The third-order valence-electron chi connectivity index (χ3n) is 3.45. The van der Waals surface area contributed by atoms with Crippen molar-refractivity contribution in [3.63, 3.8) is 0 Å². The highest BCUT2D eigenvalue weighted by Gasteiger charge is 2.19. The SMILES string of the molecule is CCc1nc(NCC2CCCC(O)C2)cc(=O)[nH]1. The first-order chi connectivity index (χ1) is 8.67. The average molecular weight is 251 g/mol. The van der Waals surface area contributed by atoms with Gasteiger partial charge in [0.05, 0.1) is 6.10 Å². The number of nitrogens with one attached hydrogen (secondary N) is 2. The summed E-state index contributed by atoms with van der Waals surface area (Å²) in [4.78, 5) is 18.4. The number of rotatable bonds is 4. The second-order valence-electron chi connectivity index (χ2n) is 5.00. The molecule has 1 saturated carbocycles. The Labute approximate surface area is 107 Å². The molecule has 2 atom stereocenters. The predicted octanol–water partition coefficient (Wildman–Crippen LogP) is 1.30. The van der Waals surface area contributed by atoms with Crippen LogP contribution in [0.4, 0.5) is 5.82 Å². The van der Waals surface area contributed by atoms with E-state index in [0.29, 0.717) is 24.0 Å². The second kappa shape index (κ2) is 6.00. The summed E-state index contributed by atoms with van der Waals surface area (Å²) >= 11 is 0. The maximum atomic E-state index is 11.4. The van der Waals surface area contributed by atoms with Crippen LogP contribution in [-0.4, -0.2) is 27.7 Å². The first-order valence-corrected chi connectivity index (χ1v) is 6.69. The van der Waals surface area contributed by atoms with Crippen molar-refractivity contribution in [1.82, 2.24) is 9.97 Å². The van der Waals surface area contributed by atoms with E-state index in [-0.39, 0.29) is 11.7 Å². The van der Waals surface area contributed by atoms with Gasteiger partial charge in [-0.05, 0) is 25.2 Å². The fraction of sp³-hybridized carbons (Fsp3) is 0.692. The van der Waals surface area contributed by atoms with Gasteiger partial charge in [-0.1, -0.05) is 13.3 Å². The molecule has 0 aromatic carbocycles. The Balaban J connectivity index is 1.93. The number of aliphatic hydroxyl groups is 1. The van der Waals surface area contributed by atoms with E-state index in [0.717, 1.165) is 32.2 Å². The first kappa shape index (κ1) is 13.1. The van der Waals surface area contributed by atoms with Gasteiger partial charge in [0, 0.05) is 19.0 Å². The van der Waals surface area contributed by atoms with Gasteiger partial charge in [0.2, 0.25) is 0 Å². The van der Waals surface area contributed by atoms with Crippen LogP contribution in [0, 0.1) is 5.92 Å². The predicted molar refractivity (Wildman–Crippen MR) is 70.7 cm³/mol. The number of aryl methyl sites for hydroxylation is 1. The van der Waals surface area contributed by atoms with Gasteiger partial charge >= 0.3 is 0 Å². The van der Waals surface area contributed by atoms with E-state index in [9.17, 15) is 9.90 Å². The molecule has 0 saturated heterocycles. The average Bonchev–Trinajstić information content (AvgIpc) is 2.36. The second-order valence-corrected chi connectivity index (χ2v) is 5.00. The van der Waals surface area contributed by atoms with Crippen LogP contribution >= 0.6 is 0 Å². The van der Waals surface area contributed by atoms with E-state index in [1.807, 2.05) is 6.92 Å². The summed E-state index contributed by atoms with van der Waals surface area (Å²) in [6.07, 6.45) is 4.53. The smallest absolute Gasteiger partial charge is 0.252 e. The monoisotopic (exact) mass is 251 g/mol. The molecule has 0 aliphatic heterocycles. The molecule has 3 N–H and O–H groups in total. The van der Waals surface area contributed by atoms with E-state index in [2.05, 4.69) is 15.3 Å². The molecule has 1 fully saturated rings. The fourth-order valence-corrected chi connectivity index (χ4v) is 2.46. The van der Waals surface area contributed by atoms with E-state index in [1.54, 1.807) is 0 Å². The summed E-state index contributed by atoms with van der Waals surface area (Å²) in [5.74, 6) is 1.81. The molecule has 1 heterocycles. The fourth-order valence-electron chi connectivity index (χ4n) is 2.46.